The average molecular weight is 368 g/mol. The molecule has 2 N–H and O–H groups in total. The fourth-order valence-electron chi connectivity index (χ4n) is 2.73. The number of carbonyl (C=O) groups excluding carboxylic acids is 3. The van der Waals surface area contributed by atoms with Crippen molar-refractivity contribution in [3.8, 4) is 5.75 Å². The average Bonchev–Trinajstić information content (AvgIpc) is 2.95. The minimum absolute atomic E-state index is 0.115. The van der Waals surface area contributed by atoms with E-state index in [-0.39, 0.29) is 25.4 Å². The number of imide groups is 1. The maximum Gasteiger partial charge on any atom is 0.325 e. The predicted molar refractivity (Wildman–Crippen MR) is 96.6 cm³/mol. The van der Waals surface area contributed by atoms with E-state index in [2.05, 4.69) is 15.6 Å². The van der Waals surface area contributed by atoms with Crippen LogP contribution in [0.3, 0.4) is 0 Å². The Morgan fingerprint density at radius 1 is 1.22 bits per heavy atom. The van der Waals surface area contributed by atoms with Crippen LogP contribution in [0.5, 0.6) is 5.75 Å². The summed E-state index contributed by atoms with van der Waals surface area (Å²) in [7, 11) is 1.57. The van der Waals surface area contributed by atoms with Crippen molar-refractivity contribution in [3.63, 3.8) is 0 Å². The third-order valence-electron chi connectivity index (χ3n) is 4.19. The molecule has 0 spiro atoms. The standard InChI is InChI=1S/C19H20N4O4/c1-27-15-7-5-13(6-8-15)12-23-18(25)16(22-19(23)26)10-17(24)21-11-14-4-2-3-9-20-14/h2-9,16H,10-12H2,1H3,(H,21,24)(H,22,26)/t16-/m0/s1. The minimum atomic E-state index is -0.862. The summed E-state index contributed by atoms with van der Waals surface area (Å²) < 4.78 is 5.09. The van der Waals surface area contributed by atoms with Gasteiger partial charge in [0.25, 0.3) is 5.91 Å². The third kappa shape index (κ3) is 4.60. The molecular formula is C19H20N4O4. The molecule has 1 fully saturated rings. The Morgan fingerprint density at radius 3 is 2.67 bits per heavy atom. The van der Waals surface area contributed by atoms with Gasteiger partial charge in [0, 0.05) is 6.20 Å². The summed E-state index contributed by atoms with van der Waals surface area (Å²) in [5.41, 5.74) is 1.51. The van der Waals surface area contributed by atoms with E-state index in [1.54, 1.807) is 49.7 Å². The maximum absolute atomic E-state index is 12.5. The lowest BCUT2D eigenvalue weighted by atomic mass is 10.1. The number of pyridine rings is 1. The Labute approximate surface area is 156 Å². The Hall–Kier alpha value is -3.42. The molecule has 1 aromatic carbocycles. The topological polar surface area (TPSA) is 101 Å². The molecule has 2 heterocycles. The second-order valence-corrected chi connectivity index (χ2v) is 6.08. The van der Waals surface area contributed by atoms with E-state index in [1.165, 1.54) is 0 Å². The molecule has 1 aromatic heterocycles. The highest BCUT2D eigenvalue weighted by Crippen LogP contribution is 2.17. The molecule has 0 unspecified atom stereocenters. The number of hydrogen-bond donors (Lipinski definition) is 2. The monoisotopic (exact) mass is 368 g/mol. The van der Waals surface area contributed by atoms with Crippen LogP contribution in [0.4, 0.5) is 4.79 Å². The molecule has 0 radical (unpaired) electrons. The van der Waals surface area contributed by atoms with Gasteiger partial charge in [-0.15, -0.1) is 0 Å². The smallest absolute Gasteiger partial charge is 0.325 e. The van der Waals surface area contributed by atoms with Crippen molar-refractivity contribution in [1.82, 2.24) is 20.5 Å². The lowest BCUT2D eigenvalue weighted by Crippen LogP contribution is -2.36. The van der Waals surface area contributed by atoms with Crippen molar-refractivity contribution in [2.45, 2.75) is 25.6 Å². The molecule has 0 saturated carbocycles. The summed E-state index contributed by atoms with van der Waals surface area (Å²) >= 11 is 0. The van der Waals surface area contributed by atoms with Gasteiger partial charge in [0.15, 0.2) is 0 Å². The fourth-order valence-corrected chi connectivity index (χ4v) is 2.73. The van der Waals surface area contributed by atoms with E-state index in [0.717, 1.165) is 10.5 Å². The predicted octanol–water partition coefficient (Wildman–Crippen LogP) is 1.22. The van der Waals surface area contributed by atoms with Crippen LogP contribution in [0, 0.1) is 0 Å². The second-order valence-electron chi connectivity index (χ2n) is 6.08. The van der Waals surface area contributed by atoms with Gasteiger partial charge in [0.05, 0.1) is 32.3 Å². The van der Waals surface area contributed by atoms with Crippen LogP contribution >= 0.6 is 0 Å². The molecule has 0 bridgehead atoms. The number of benzene rings is 1. The van der Waals surface area contributed by atoms with Gasteiger partial charge < -0.3 is 15.4 Å². The summed E-state index contributed by atoms with van der Waals surface area (Å²) in [6.07, 6.45) is 1.52. The van der Waals surface area contributed by atoms with Crippen LogP contribution in [0.1, 0.15) is 17.7 Å². The number of nitrogens with zero attached hydrogens (tertiary/aromatic N) is 2. The van der Waals surface area contributed by atoms with Crippen molar-refractivity contribution in [2.75, 3.05) is 7.11 Å². The van der Waals surface area contributed by atoms with Gasteiger partial charge in [-0.05, 0) is 29.8 Å². The zero-order valence-corrected chi connectivity index (χ0v) is 14.8. The molecule has 8 nitrogen and oxygen atoms in total. The quantitative estimate of drug-likeness (QED) is 0.716. The summed E-state index contributed by atoms with van der Waals surface area (Å²) in [4.78, 5) is 41.9. The first-order valence-electron chi connectivity index (χ1n) is 8.48. The van der Waals surface area contributed by atoms with Crippen LogP contribution in [0.2, 0.25) is 0 Å². The number of rotatable bonds is 7. The van der Waals surface area contributed by atoms with Crippen LogP contribution in [-0.4, -0.2) is 40.9 Å². The SMILES string of the molecule is COc1ccc(CN2C(=O)N[C@@H](CC(=O)NCc3ccccn3)C2=O)cc1. The second kappa shape index (κ2) is 8.31. The molecule has 140 valence electrons. The van der Waals surface area contributed by atoms with E-state index in [0.29, 0.717) is 11.4 Å². The highest BCUT2D eigenvalue weighted by molar-refractivity contribution is 6.05. The molecule has 2 aromatic rings. The van der Waals surface area contributed by atoms with Gasteiger partial charge in [-0.25, -0.2) is 4.79 Å². The largest absolute Gasteiger partial charge is 0.497 e. The first-order chi connectivity index (χ1) is 13.1. The maximum atomic E-state index is 12.5. The number of ether oxygens (including phenoxy) is 1. The number of hydrogen-bond acceptors (Lipinski definition) is 5. The van der Waals surface area contributed by atoms with Gasteiger partial charge in [0.2, 0.25) is 5.91 Å². The molecule has 1 atom stereocenters. The zero-order chi connectivity index (χ0) is 19.2. The van der Waals surface area contributed by atoms with Crippen LogP contribution in [0.25, 0.3) is 0 Å². The third-order valence-corrected chi connectivity index (χ3v) is 4.19. The molecule has 0 aliphatic carbocycles. The van der Waals surface area contributed by atoms with Gasteiger partial charge in [-0.3, -0.25) is 19.5 Å². The molecular weight excluding hydrogens is 348 g/mol. The summed E-state index contributed by atoms with van der Waals surface area (Å²) in [6.45, 7) is 0.408. The summed E-state index contributed by atoms with van der Waals surface area (Å²) in [5.74, 6) is -0.0483. The number of amides is 4. The van der Waals surface area contributed by atoms with Crippen LogP contribution < -0.4 is 15.4 Å². The Kier molecular flexibility index (Phi) is 5.65. The number of carbonyl (C=O) groups is 3. The summed E-state index contributed by atoms with van der Waals surface area (Å²) in [6, 6.07) is 11.1. The minimum Gasteiger partial charge on any atom is -0.497 e. The molecule has 3 rings (SSSR count). The van der Waals surface area contributed by atoms with Gasteiger partial charge in [-0.1, -0.05) is 18.2 Å². The lowest BCUT2D eigenvalue weighted by Gasteiger charge is -2.13. The molecule has 4 amide bonds. The Bertz CT molecular complexity index is 823. The number of nitrogens with one attached hydrogen (secondary N) is 2. The van der Waals surface area contributed by atoms with Crippen molar-refractivity contribution >= 4 is 17.8 Å². The molecule has 1 aliphatic heterocycles. The number of methoxy groups -OCH3 is 1. The van der Waals surface area contributed by atoms with Gasteiger partial charge >= 0.3 is 6.03 Å². The number of urea groups is 1. The van der Waals surface area contributed by atoms with E-state index >= 15 is 0 Å². The van der Waals surface area contributed by atoms with E-state index in [4.69, 9.17) is 4.74 Å². The molecule has 27 heavy (non-hydrogen) atoms. The van der Waals surface area contributed by atoms with Crippen molar-refractivity contribution < 1.29 is 19.1 Å². The molecule has 1 aliphatic rings. The summed E-state index contributed by atoms with van der Waals surface area (Å²) in [5, 5.41) is 5.26. The molecule has 8 heteroatoms. The fraction of sp³-hybridized carbons (Fsp3) is 0.263. The van der Waals surface area contributed by atoms with Crippen molar-refractivity contribution in [1.29, 1.82) is 0 Å². The molecule has 1 saturated heterocycles. The first-order valence-corrected chi connectivity index (χ1v) is 8.48. The van der Waals surface area contributed by atoms with Gasteiger partial charge in [0.1, 0.15) is 11.8 Å². The Balaban J connectivity index is 1.54. The van der Waals surface area contributed by atoms with Crippen LogP contribution in [-0.2, 0) is 22.7 Å². The highest BCUT2D eigenvalue weighted by Gasteiger charge is 2.38. The Morgan fingerprint density at radius 2 is 2.00 bits per heavy atom. The van der Waals surface area contributed by atoms with E-state index in [1.807, 2.05) is 6.07 Å². The lowest BCUT2D eigenvalue weighted by molar-refractivity contribution is -0.131. The number of aromatic nitrogens is 1. The van der Waals surface area contributed by atoms with Gasteiger partial charge in [-0.2, -0.15) is 0 Å². The van der Waals surface area contributed by atoms with Crippen molar-refractivity contribution in [2.24, 2.45) is 0 Å². The highest BCUT2D eigenvalue weighted by atomic mass is 16.5. The normalized spacial score (nSPS) is 16.2. The van der Waals surface area contributed by atoms with E-state index < -0.39 is 18.0 Å². The van der Waals surface area contributed by atoms with Crippen molar-refractivity contribution in [3.05, 3.63) is 59.9 Å². The zero-order valence-electron chi connectivity index (χ0n) is 14.8. The van der Waals surface area contributed by atoms with E-state index in [9.17, 15) is 14.4 Å². The first kappa shape index (κ1) is 18.4. The van der Waals surface area contributed by atoms with Crippen LogP contribution in [0.15, 0.2) is 48.7 Å².